The molecule has 0 unspecified atom stereocenters. The number of nitrogens with one attached hydrogen (secondary N) is 5. The van der Waals surface area contributed by atoms with E-state index in [-0.39, 0.29) is 63.0 Å². The van der Waals surface area contributed by atoms with Gasteiger partial charge in [0, 0.05) is 51.5 Å². The molecule has 0 saturated carbocycles. The number of hydrogen-bond donors (Lipinski definition) is 13. The molecule has 2 aromatic rings. The molecule has 55 heavy (non-hydrogen) atoms. The van der Waals surface area contributed by atoms with Crippen LogP contribution in [0.4, 0.5) is 0 Å². The molecule has 0 saturated heterocycles. The maximum absolute atomic E-state index is 13.6. The summed E-state index contributed by atoms with van der Waals surface area (Å²) in [6, 6.07) is 6.70. The van der Waals surface area contributed by atoms with Crippen molar-refractivity contribution >= 4 is 29.5 Å². The summed E-state index contributed by atoms with van der Waals surface area (Å²) in [4.78, 5) is 65.3. The first-order chi connectivity index (χ1) is 26.2. The first-order valence-electron chi connectivity index (χ1n) is 18.7. The van der Waals surface area contributed by atoms with E-state index in [1.807, 2.05) is 12.1 Å². The molecule has 1 aliphatic heterocycles. The van der Waals surface area contributed by atoms with Gasteiger partial charge in [0.2, 0.25) is 29.5 Å². The summed E-state index contributed by atoms with van der Waals surface area (Å²) in [6.07, 6.45) is 0.879. The van der Waals surface area contributed by atoms with Crippen molar-refractivity contribution in [1.82, 2.24) is 26.6 Å². The van der Waals surface area contributed by atoms with E-state index in [4.69, 9.17) is 34.4 Å². The van der Waals surface area contributed by atoms with Crippen LogP contribution in [0.15, 0.2) is 42.5 Å². The van der Waals surface area contributed by atoms with Crippen molar-refractivity contribution in [2.75, 3.05) is 32.7 Å². The number of carbonyl (C=O) groups excluding carboxylic acids is 5. The first kappa shape index (κ1) is 44.7. The molecule has 0 radical (unpaired) electrons. The third kappa shape index (κ3) is 14.8. The number of nitrogens with two attached hydrogens (primary N) is 6. The van der Waals surface area contributed by atoms with Gasteiger partial charge in [0.1, 0.15) is 17.8 Å². The second kappa shape index (κ2) is 22.6. The minimum absolute atomic E-state index is 0.00448. The Kier molecular flexibility index (Phi) is 18.4. The highest BCUT2D eigenvalue weighted by molar-refractivity contribution is 5.93. The van der Waals surface area contributed by atoms with E-state index >= 15 is 0 Å². The average molecular weight is 770 g/mol. The van der Waals surface area contributed by atoms with Gasteiger partial charge in [-0.15, -0.1) is 0 Å². The van der Waals surface area contributed by atoms with Gasteiger partial charge < -0.3 is 71.2 Å². The number of amides is 5. The number of rotatable bonds is 18. The number of carbonyl (C=O) groups is 5. The predicted molar refractivity (Wildman–Crippen MR) is 208 cm³/mol. The fourth-order valence-electron chi connectivity index (χ4n) is 5.98. The van der Waals surface area contributed by atoms with E-state index in [1.54, 1.807) is 24.3 Å². The molecule has 5 amide bonds. The van der Waals surface area contributed by atoms with Crippen molar-refractivity contribution in [1.29, 1.82) is 0 Å². The van der Waals surface area contributed by atoms with E-state index in [1.165, 1.54) is 6.07 Å². The van der Waals surface area contributed by atoms with Crippen molar-refractivity contribution in [3.8, 4) is 16.9 Å². The molecule has 0 spiro atoms. The van der Waals surface area contributed by atoms with Gasteiger partial charge in [-0.3, -0.25) is 24.0 Å². The van der Waals surface area contributed by atoms with Crippen molar-refractivity contribution in [3.05, 3.63) is 53.6 Å². The number of phenols is 1. The Morgan fingerprint density at radius 3 is 2.25 bits per heavy atom. The zero-order chi connectivity index (χ0) is 40.5. The molecule has 7 atom stereocenters. The average Bonchev–Trinajstić information content (AvgIpc) is 3.17. The Morgan fingerprint density at radius 2 is 1.53 bits per heavy atom. The molecule has 1 aliphatic rings. The SMILES string of the molecule is NCCC[C@H](N)CNC(=O)[C@@H](N)CCCNC(=O)[C@@H](N)CCNC(=O)[C@@H]1Cc2cccc(c2)-c2ccc(O)c(c2)C[C@H](N)C(=O)N[C@@H](C[C@@H](O)CN)C(=O)N1. The lowest BCUT2D eigenvalue weighted by Crippen LogP contribution is -2.57. The fourth-order valence-corrected chi connectivity index (χ4v) is 5.98. The van der Waals surface area contributed by atoms with E-state index in [0.29, 0.717) is 43.5 Å². The minimum Gasteiger partial charge on any atom is -0.508 e. The molecule has 18 heteroatoms. The quantitative estimate of drug-likeness (QED) is 0.0653. The maximum Gasteiger partial charge on any atom is 0.243 e. The van der Waals surface area contributed by atoms with Crippen molar-refractivity contribution in [3.63, 3.8) is 0 Å². The lowest BCUT2D eigenvalue weighted by Gasteiger charge is -2.25. The number of aromatic hydroxyl groups is 1. The second-order valence-corrected chi connectivity index (χ2v) is 14.0. The summed E-state index contributed by atoms with van der Waals surface area (Å²) in [5, 5.41) is 34.2. The van der Waals surface area contributed by atoms with Crippen molar-refractivity contribution < 1.29 is 34.2 Å². The van der Waals surface area contributed by atoms with Gasteiger partial charge >= 0.3 is 0 Å². The standard InChI is InChI=1S/C37H59N11O7/c38-11-2-6-25(40)20-46-34(52)27(41)7-3-12-44-33(51)28(42)10-13-45-36(54)30-15-21-4-1-5-22(14-21)23-8-9-32(50)24(16-23)17-29(43)35(53)47-31(37(55)48-30)18-26(49)19-39/h1,4-5,8-9,14,16,25-31,49-50H,2-3,6-7,10-13,15,17-20,38-43H2,(H,44,51)(H,45,54)(H,46,52)(H,47,53)(H,48,55)/t25-,26+,27-,28-,29-,30-,31-/m0/s1. The highest BCUT2D eigenvalue weighted by Crippen LogP contribution is 2.28. The smallest absolute Gasteiger partial charge is 0.243 e. The number of aliphatic hydroxyl groups excluding tert-OH is 1. The monoisotopic (exact) mass is 769 g/mol. The molecular weight excluding hydrogens is 710 g/mol. The second-order valence-electron chi connectivity index (χ2n) is 14.0. The van der Waals surface area contributed by atoms with Gasteiger partial charge in [0.15, 0.2) is 0 Å². The van der Waals surface area contributed by atoms with Crippen LogP contribution < -0.4 is 61.0 Å². The third-order valence-corrected chi connectivity index (χ3v) is 9.34. The van der Waals surface area contributed by atoms with Crippen molar-refractivity contribution in [2.24, 2.45) is 34.4 Å². The summed E-state index contributed by atoms with van der Waals surface area (Å²) in [5.74, 6) is -2.86. The predicted octanol–water partition coefficient (Wildman–Crippen LogP) is -3.60. The summed E-state index contributed by atoms with van der Waals surface area (Å²) < 4.78 is 0. The van der Waals surface area contributed by atoms with Crippen LogP contribution in [0.25, 0.3) is 11.1 Å². The fraction of sp³-hybridized carbons (Fsp3) is 0.541. The highest BCUT2D eigenvalue weighted by atomic mass is 16.3. The largest absolute Gasteiger partial charge is 0.508 e. The number of fused-ring (bicyclic) bond motifs is 5. The van der Waals surface area contributed by atoms with Crippen LogP contribution >= 0.6 is 0 Å². The lowest BCUT2D eigenvalue weighted by molar-refractivity contribution is -0.133. The number of benzene rings is 2. The molecular formula is C37H59N11O7. The van der Waals surface area contributed by atoms with E-state index in [9.17, 15) is 34.2 Å². The summed E-state index contributed by atoms with van der Waals surface area (Å²) in [6.45, 7) is 0.858. The Hall–Kier alpha value is -4.69. The van der Waals surface area contributed by atoms with Gasteiger partial charge in [-0.1, -0.05) is 30.3 Å². The van der Waals surface area contributed by atoms with Gasteiger partial charge in [-0.2, -0.15) is 0 Å². The molecule has 0 fully saturated rings. The minimum atomic E-state index is -1.30. The Morgan fingerprint density at radius 1 is 0.818 bits per heavy atom. The molecule has 4 bridgehead atoms. The number of hydrogen-bond acceptors (Lipinski definition) is 13. The Bertz CT molecular complexity index is 1600. The molecule has 19 N–H and O–H groups in total. The van der Waals surface area contributed by atoms with Crippen LogP contribution in [0.2, 0.25) is 0 Å². The molecule has 3 rings (SSSR count). The van der Waals surface area contributed by atoms with Gasteiger partial charge in [0.05, 0.1) is 24.2 Å². The lowest BCUT2D eigenvalue weighted by atomic mass is 9.96. The Labute approximate surface area is 321 Å². The molecule has 0 aromatic heterocycles. The normalized spacial score (nSPS) is 19.7. The van der Waals surface area contributed by atoms with E-state index in [0.717, 1.165) is 17.5 Å². The van der Waals surface area contributed by atoms with E-state index < -0.39 is 59.9 Å². The first-order valence-corrected chi connectivity index (χ1v) is 18.7. The molecule has 18 nitrogen and oxygen atoms in total. The summed E-state index contributed by atoms with van der Waals surface area (Å²) in [5.41, 5.74) is 37.9. The van der Waals surface area contributed by atoms with Gasteiger partial charge in [-0.05, 0) is 73.0 Å². The zero-order valence-corrected chi connectivity index (χ0v) is 31.2. The molecule has 1 heterocycles. The molecule has 2 aromatic carbocycles. The molecule has 304 valence electrons. The summed E-state index contributed by atoms with van der Waals surface area (Å²) in [7, 11) is 0. The van der Waals surface area contributed by atoms with Crippen LogP contribution in [-0.4, -0.2) is 115 Å². The molecule has 0 aliphatic carbocycles. The van der Waals surface area contributed by atoms with Crippen LogP contribution in [-0.2, 0) is 36.8 Å². The maximum atomic E-state index is 13.6. The van der Waals surface area contributed by atoms with Crippen LogP contribution in [0, 0.1) is 0 Å². The third-order valence-electron chi connectivity index (χ3n) is 9.34. The zero-order valence-electron chi connectivity index (χ0n) is 31.2. The van der Waals surface area contributed by atoms with Crippen LogP contribution in [0.5, 0.6) is 5.75 Å². The number of phenolic OH excluding ortho intramolecular Hbond substituents is 1. The van der Waals surface area contributed by atoms with Crippen LogP contribution in [0.1, 0.15) is 49.7 Å². The van der Waals surface area contributed by atoms with Crippen LogP contribution in [0.3, 0.4) is 0 Å². The Balaban J connectivity index is 1.63. The van der Waals surface area contributed by atoms with Gasteiger partial charge in [0.25, 0.3) is 0 Å². The topological polar surface area (TPSA) is 342 Å². The highest BCUT2D eigenvalue weighted by Gasteiger charge is 2.30. The van der Waals surface area contributed by atoms with Gasteiger partial charge in [-0.25, -0.2) is 0 Å². The number of aliphatic hydroxyl groups is 1. The summed E-state index contributed by atoms with van der Waals surface area (Å²) >= 11 is 0. The van der Waals surface area contributed by atoms with E-state index in [2.05, 4.69) is 26.6 Å². The van der Waals surface area contributed by atoms with Crippen molar-refractivity contribution in [2.45, 2.75) is 93.7 Å².